The summed E-state index contributed by atoms with van der Waals surface area (Å²) in [5.41, 5.74) is 1.11. The lowest BCUT2D eigenvalue weighted by atomic mass is 9.95. The Morgan fingerprint density at radius 2 is 1.69 bits per heavy atom. The topological polar surface area (TPSA) is 85.6 Å². The minimum atomic E-state index is -0.956. The molecule has 26 heavy (non-hydrogen) atoms. The molecule has 0 aliphatic carbocycles. The molecule has 1 heterocycles. The summed E-state index contributed by atoms with van der Waals surface area (Å²) in [6, 6.07) is 8.10. The number of ether oxygens (including phenoxy) is 1. The van der Waals surface area contributed by atoms with Gasteiger partial charge in [-0.1, -0.05) is 20.8 Å². The Morgan fingerprint density at radius 3 is 2.19 bits per heavy atom. The van der Waals surface area contributed by atoms with Gasteiger partial charge in [-0.15, -0.1) is 0 Å². The van der Waals surface area contributed by atoms with Gasteiger partial charge in [-0.05, 0) is 44.2 Å². The maximum Gasteiger partial charge on any atom is 0.375 e. The number of benzene rings is 1. The first-order valence-electron chi connectivity index (χ1n) is 8.30. The number of aryl methyl sites for hydroxylation is 1. The highest BCUT2D eigenvalue weighted by atomic mass is 16.6. The number of ketones is 1. The van der Waals surface area contributed by atoms with E-state index in [1.165, 1.54) is 13.2 Å². The molecular formula is C20H23NO5. The summed E-state index contributed by atoms with van der Waals surface area (Å²) in [6.45, 7) is 8.68. The van der Waals surface area contributed by atoms with Crippen LogP contribution >= 0.6 is 0 Å². The van der Waals surface area contributed by atoms with Gasteiger partial charge in [0.2, 0.25) is 17.5 Å². The molecule has 0 unspecified atom stereocenters. The van der Waals surface area contributed by atoms with E-state index < -0.39 is 17.5 Å². The molecular weight excluding hydrogens is 334 g/mol. The van der Waals surface area contributed by atoms with Crippen molar-refractivity contribution in [3.8, 4) is 0 Å². The van der Waals surface area contributed by atoms with Crippen LogP contribution in [0.1, 0.15) is 54.2 Å². The SMILES string of the molecule is Cc1ccoc1C(=O)O[C@@H](C)C(=O)c1ccc(NC(=O)C(C)(C)C)cc1. The Labute approximate surface area is 152 Å². The van der Waals surface area contributed by atoms with Crippen molar-refractivity contribution in [3.05, 3.63) is 53.5 Å². The van der Waals surface area contributed by atoms with Gasteiger partial charge in [-0.3, -0.25) is 9.59 Å². The van der Waals surface area contributed by atoms with Gasteiger partial charge in [0, 0.05) is 22.2 Å². The molecule has 0 radical (unpaired) electrons. The summed E-state index contributed by atoms with van der Waals surface area (Å²) in [7, 11) is 0. The monoisotopic (exact) mass is 357 g/mol. The van der Waals surface area contributed by atoms with E-state index in [4.69, 9.17) is 9.15 Å². The van der Waals surface area contributed by atoms with Gasteiger partial charge < -0.3 is 14.5 Å². The standard InChI is InChI=1S/C20H23NO5/c1-12-10-11-25-17(12)18(23)26-13(2)16(22)14-6-8-15(9-7-14)21-19(24)20(3,4)5/h6-11,13H,1-5H3,(H,21,24)/t13-/m0/s1. The Hall–Kier alpha value is -2.89. The van der Waals surface area contributed by atoms with E-state index in [0.29, 0.717) is 16.8 Å². The highest BCUT2D eigenvalue weighted by Crippen LogP contribution is 2.19. The van der Waals surface area contributed by atoms with Crippen LogP contribution in [0.3, 0.4) is 0 Å². The average Bonchev–Trinajstić information content (AvgIpc) is 3.00. The van der Waals surface area contributed by atoms with Gasteiger partial charge in [0.05, 0.1) is 6.26 Å². The van der Waals surface area contributed by atoms with Crippen LogP contribution in [-0.2, 0) is 9.53 Å². The van der Waals surface area contributed by atoms with Crippen LogP contribution in [0, 0.1) is 12.3 Å². The lowest BCUT2D eigenvalue weighted by molar-refractivity contribution is -0.123. The predicted molar refractivity (Wildman–Crippen MR) is 97.2 cm³/mol. The second-order valence-electron chi connectivity index (χ2n) is 7.13. The van der Waals surface area contributed by atoms with Gasteiger partial charge >= 0.3 is 5.97 Å². The zero-order chi connectivity index (χ0) is 19.5. The first kappa shape index (κ1) is 19.4. The number of esters is 1. The lowest BCUT2D eigenvalue weighted by Gasteiger charge is -2.18. The van der Waals surface area contributed by atoms with Crippen LogP contribution in [0.25, 0.3) is 0 Å². The van der Waals surface area contributed by atoms with Crippen LogP contribution in [-0.4, -0.2) is 23.8 Å². The molecule has 138 valence electrons. The Balaban J connectivity index is 2.02. The van der Waals surface area contributed by atoms with Crippen LogP contribution in [0.2, 0.25) is 0 Å². The van der Waals surface area contributed by atoms with E-state index in [-0.39, 0.29) is 17.5 Å². The summed E-state index contributed by atoms with van der Waals surface area (Å²) in [6.07, 6.45) is 0.435. The zero-order valence-corrected chi connectivity index (χ0v) is 15.6. The van der Waals surface area contributed by atoms with Crippen LogP contribution in [0.4, 0.5) is 5.69 Å². The summed E-state index contributed by atoms with van der Waals surface area (Å²) in [5.74, 6) is -1.05. The van der Waals surface area contributed by atoms with Crippen molar-refractivity contribution < 1.29 is 23.5 Å². The normalized spacial score (nSPS) is 12.3. The first-order chi connectivity index (χ1) is 12.1. The molecule has 1 N–H and O–H groups in total. The average molecular weight is 357 g/mol. The van der Waals surface area contributed by atoms with Crippen molar-refractivity contribution >= 4 is 23.3 Å². The molecule has 0 bridgehead atoms. The summed E-state index contributed by atoms with van der Waals surface area (Å²) in [4.78, 5) is 36.4. The molecule has 1 aromatic carbocycles. The van der Waals surface area contributed by atoms with E-state index in [0.717, 1.165) is 0 Å². The molecule has 1 amide bonds. The number of hydrogen-bond acceptors (Lipinski definition) is 5. The second kappa shape index (κ2) is 7.56. The van der Waals surface area contributed by atoms with Gasteiger partial charge in [0.25, 0.3) is 0 Å². The quantitative estimate of drug-likeness (QED) is 0.646. The third-order valence-electron chi connectivity index (χ3n) is 3.81. The minimum absolute atomic E-state index is 0.0879. The van der Waals surface area contributed by atoms with Crippen LogP contribution in [0.5, 0.6) is 0 Å². The summed E-state index contributed by atoms with van der Waals surface area (Å²) in [5, 5.41) is 2.79. The molecule has 0 saturated carbocycles. The number of anilines is 1. The van der Waals surface area contributed by atoms with Gasteiger partial charge in [0.15, 0.2) is 6.10 Å². The molecule has 2 aromatic rings. The zero-order valence-electron chi connectivity index (χ0n) is 15.6. The summed E-state index contributed by atoms with van der Waals surface area (Å²) >= 11 is 0. The third kappa shape index (κ3) is 4.59. The van der Waals surface area contributed by atoms with Crippen molar-refractivity contribution in [3.63, 3.8) is 0 Å². The maximum absolute atomic E-state index is 12.4. The van der Waals surface area contributed by atoms with Crippen molar-refractivity contribution in [2.45, 2.75) is 40.7 Å². The largest absolute Gasteiger partial charge is 0.457 e. The van der Waals surface area contributed by atoms with Crippen molar-refractivity contribution in [1.82, 2.24) is 0 Å². The Kier molecular flexibility index (Phi) is 5.65. The molecule has 6 heteroatoms. The van der Waals surface area contributed by atoms with Crippen LogP contribution in [0.15, 0.2) is 41.0 Å². The number of Topliss-reactive ketones (excluding diaryl/α,β-unsaturated/α-hetero) is 1. The molecule has 1 aromatic heterocycles. The van der Waals surface area contributed by atoms with E-state index in [1.807, 2.05) is 20.8 Å². The number of rotatable bonds is 5. The highest BCUT2D eigenvalue weighted by molar-refractivity contribution is 6.02. The molecule has 0 spiro atoms. The minimum Gasteiger partial charge on any atom is -0.457 e. The van der Waals surface area contributed by atoms with Crippen molar-refractivity contribution in [2.24, 2.45) is 5.41 Å². The lowest BCUT2D eigenvalue weighted by Crippen LogP contribution is -2.27. The van der Waals surface area contributed by atoms with Gasteiger partial charge in [-0.2, -0.15) is 0 Å². The molecule has 0 fully saturated rings. The first-order valence-corrected chi connectivity index (χ1v) is 8.30. The second-order valence-corrected chi connectivity index (χ2v) is 7.13. The Morgan fingerprint density at radius 1 is 1.08 bits per heavy atom. The van der Waals surface area contributed by atoms with Gasteiger partial charge in [-0.25, -0.2) is 4.79 Å². The maximum atomic E-state index is 12.4. The summed E-state index contributed by atoms with van der Waals surface area (Å²) < 4.78 is 10.2. The van der Waals surface area contributed by atoms with E-state index in [2.05, 4.69) is 5.32 Å². The van der Waals surface area contributed by atoms with Crippen molar-refractivity contribution in [2.75, 3.05) is 5.32 Å². The van der Waals surface area contributed by atoms with E-state index in [1.54, 1.807) is 37.3 Å². The number of nitrogens with one attached hydrogen (secondary N) is 1. The van der Waals surface area contributed by atoms with Crippen molar-refractivity contribution in [1.29, 1.82) is 0 Å². The number of amides is 1. The predicted octanol–water partition coefficient (Wildman–Crippen LogP) is 4.00. The fraction of sp³-hybridized carbons (Fsp3) is 0.350. The Bertz CT molecular complexity index is 811. The highest BCUT2D eigenvalue weighted by Gasteiger charge is 2.24. The molecule has 2 rings (SSSR count). The molecule has 0 saturated heterocycles. The number of hydrogen-bond donors (Lipinski definition) is 1. The van der Waals surface area contributed by atoms with Crippen LogP contribution < -0.4 is 5.32 Å². The third-order valence-corrected chi connectivity index (χ3v) is 3.81. The van der Waals surface area contributed by atoms with Gasteiger partial charge in [0.1, 0.15) is 0 Å². The smallest absolute Gasteiger partial charge is 0.375 e. The fourth-order valence-corrected chi connectivity index (χ4v) is 2.12. The molecule has 0 aliphatic rings. The van der Waals surface area contributed by atoms with E-state index >= 15 is 0 Å². The number of carbonyl (C=O) groups is 3. The number of carbonyl (C=O) groups excluding carboxylic acids is 3. The fourth-order valence-electron chi connectivity index (χ4n) is 2.12. The molecule has 1 atom stereocenters. The molecule has 6 nitrogen and oxygen atoms in total. The molecule has 0 aliphatic heterocycles. The van der Waals surface area contributed by atoms with E-state index in [9.17, 15) is 14.4 Å². The number of furan rings is 1.